The van der Waals surface area contributed by atoms with E-state index in [0.29, 0.717) is 11.8 Å². The third-order valence-electron chi connectivity index (χ3n) is 5.57. The smallest absolute Gasteiger partial charge is 0.229 e. The van der Waals surface area contributed by atoms with Gasteiger partial charge in [-0.1, -0.05) is 82.3 Å². The molecule has 2 heteroatoms. The Morgan fingerprint density at radius 3 is 2.11 bits per heavy atom. The summed E-state index contributed by atoms with van der Waals surface area (Å²) in [7, 11) is 0. The molecular formula is C25H29N2+. The minimum Gasteiger partial charge on any atom is -0.229 e. The van der Waals surface area contributed by atoms with Crippen LogP contribution in [0.1, 0.15) is 50.7 Å². The summed E-state index contributed by atoms with van der Waals surface area (Å²) in [5.74, 6) is 1.03. The molecule has 0 aromatic heterocycles. The maximum Gasteiger partial charge on any atom is 0.244 e. The molecule has 0 fully saturated rings. The van der Waals surface area contributed by atoms with E-state index in [-0.39, 0.29) is 0 Å². The molecule has 27 heavy (non-hydrogen) atoms. The number of benzene rings is 3. The Morgan fingerprint density at radius 1 is 0.778 bits per heavy atom. The first-order chi connectivity index (χ1) is 13.1. The highest BCUT2D eigenvalue weighted by molar-refractivity contribution is 5.99. The fraction of sp³-hybridized carbons (Fsp3) is 0.320. The monoisotopic (exact) mass is 357 g/mol. The van der Waals surface area contributed by atoms with Crippen LogP contribution in [0.2, 0.25) is 0 Å². The molecule has 0 radical (unpaired) electrons. The van der Waals surface area contributed by atoms with Gasteiger partial charge >= 0.3 is 0 Å². The second-order valence-electron chi connectivity index (χ2n) is 8.10. The molecule has 3 aromatic rings. The molecule has 0 unspecified atom stereocenters. The number of rotatable bonds is 4. The van der Waals surface area contributed by atoms with E-state index in [2.05, 4.69) is 104 Å². The van der Waals surface area contributed by atoms with Crippen molar-refractivity contribution in [1.82, 2.24) is 0 Å². The summed E-state index contributed by atoms with van der Waals surface area (Å²) in [6.07, 6.45) is 2.31. The van der Waals surface area contributed by atoms with Crippen molar-refractivity contribution in [1.29, 1.82) is 0 Å². The third kappa shape index (κ3) is 3.25. The Bertz CT molecular complexity index is 967. The lowest BCUT2D eigenvalue weighted by Gasteiger charge is -2.17. The first-order valence-electron chi connectivity index (χ1n) is 10.0. The van der Waals surface area contributed by atoms with Crippen molar-refractivity contribution in [2.24, 2.45) is 0 Å². The Hall–Kier alpha value is -2.61. The minimum atomic E-state index is 0.513. The zero-order valence-electron chi connectivity index (χ0n) is 16.8. The van der Waals surface area contributed by atoms with Crippen LogP contribution in [0.4, 0.5) is 11.4 Å². The van der Waals surface area contributed by atoms with Crippen LogP contribution >= 0.6 is 0 Å². The van der Waals surface area contributed by atoms with E-state index in [4.69, 9.17) is 0 Å². The number of fused-ring (bicyclic) bond motifs is 1. The molecule has 1 aliphatic heterocycles. The number of anilines is 1. The number of nitrogens with zero attached hydrogens (tertiary/aromatic N) is 2. The van der Waals surface area contributed by atoms with Crippen LogP contribution in [0.3, 0.4) is 0 Å². The lowest BCUT2D eigenvalue weighted by atomic mass is 9.92. The molecule has 2 nitrogen and oxygen atoms in total. The maximum atomic E-state index is 2.46. The van der Waals surface area contributed by atoms with Crippen LogP contribution < -0.4 is 4.90 Å². The van der Waals surface area contributed by atoms with E-state index in [1.807, 2.05) is 0 Å². The second-order valence-corrected chi connectivity index (χ2v) is 8.10. The molecule has 0 saturated heterocycles. The van der Waals surface area contributed by atoms with Gasteiger partial charge in [0.15, 0.2) is 0 Å². The van der Waals surface area contributed by atoms with Gasteiger partial charge in [-0.25, -0.2) is 9.48 Å². The quantitative estimate of drug-likeness (QED) is 0.498. The van der Waals surface area contributed by atoms with Crippen molar-refractivity contribution in [2.45, 2.75) is 39.5 Å². The Balaban J connectivity index is 1.81. The molecule has 0 bridgehead atoms. The average Bonchev–Trinajstić information content (AvgIpc) is 3.16. The summed E-state index contributed by atoms with van der Waals surface area (Å²) in [6, 6.07) is 22.0. The van der Waals surface area contributed by atoms with Crippen LogP contribution in [0.15, 0.2) is 60.7 Å². The van der Waals surface area contributed by atoms with E-state index in [9.17, 15) is 0 Å². The van der Waals surface area contributed by atoms with Gasteiger partial charge in [0.25, 0.3) is 0 Å². The molecule has 0 atom stereocenters. The Labute approximate surface area is 162 Å². The lowest BCUT2D eigenvalue weighted by molar-refractivity contribution is -0.425. The van der Waals surface area contributed by atoms with Gasteiger partial charge in [-0.2, -0.15) is 0 Å². The van der Waals surface area contributed by atoms with Crippen LogP contribution in [0.5, 0.6) is 0 Å². The SMILES string of the molecule is CC(C)c1cccc(C(C)C)c1[N+]1=CN(c2cccc3ccccc23)CC1. The summed E-state index contributed by atoms with van der Waals surface area (Å²) in [5, 5.41) is 2.62. The van der Waals surface area contributed by atoms with Crippen LogP contribution in [-0.2, 0) is 0 Å². The molecular weight excluding hydrogens is 328 g/mol. The van der Waals surface area contributed by atoms with Crippen molar-refractivity contribution in [2.75, 3.05) is 18.0 Å². The zero-order chi connectivity index (χ0) is 19.0. The molecule has 1 heterocycles. The molecule has 3 aromatic carbocycles. The van der Waals surface area contributed by atoms with E-state index < -0.39 is 0 Å². The summed E-state index contributed by atoms with van der Waals surface area (Å²) in [6.45, 7) is 11.2. The molecule has 4 rings (SSSR count). The number of para-hydroxylation sites is 1. The highest BCUT2D eigenvalue weighted by Crippen LogP contribution is 2.36. The number of hydrogen-bond donors (Lipinski definition) is 0. The van der Waals surface area contributed by atoms with Gasteiger partial charge < -0.3 is 0 Å². The normalized spacial score (nSPS) is 14.4. The van der Waals surface area contributed by atoms with E-state index in [0.717, 1.165) is 13.1 Å². The van der Waals surface area contributed by atoms with Crippen molar-refractivity contribution in [3.8, 4) is 0 Å². The fourth-order valence-electron chi connectivity index (χ4n) is 4.15. The molecule has 0 aliphatic carbocycles. The van der Waals surface area contributed by atoms with E-state index >= 15 is 0 Å². The van der Waals surface area contributed by atoms with Gasteiger partial charge in [0, 0.05) is 16.5 Å². The summed E-state index contributed by atoms with van der Waals surface area (Å²) in [5.41, 5.74) is 5.59. The van der Waals surface area contributed by atoms with Crippen molar-refractivity contribution in [3.63, 3.8) is 0 Å². The topological polar surface area (TPSA) is 6.25 Å². The first kappa shape index (κ1) is 17.8. The molecule has 0 amide bonds. The average molecular weight is 358 g/mol. The van der Waals surface area contributed by atoms with Crippen molar-refractivity contribution >= 4 is 28.5 Å². The van der Waals surface area contributed by atoms with E-state index in [1.165, 1.54) is 33.3 Å². The molecule has 0 spiro atoms. The molecule has 0 N–H and O–H groups in total. The Kier molecular flexibility index (Phi) is 4.73. The van der Waals surface area contributed by atoms with E-state index in [1.54, 1.807) is 0 Å². The van der Waals surface area contributed by atoms with Gasteiger partial charge in [0.2, 0.25) is 6.34 Å². The molecule has 0 saturated carbocycles. The standard InChI is InChI=1S/C25H29N2/c1-18(2)21-12-8-13-22(19(3)4)25(21)27-16-15-26(17-27)24-14-7-10-20-9-5-6-11-23(20)24/h5-14,17-19H,15-16H2,1-4H3/q+1. The highest BCUT2D eigenvalue weighted by atomic mass is 15.3. The maximum absolute atomic E-state index is 2.46. The third-order valence-corrected chi connectivity index (χ3v) is 5.57. The van der Waals surface area contributed by atoms with Crippen molar-refractivity contribution < 1.29 is 4.58 Å². The highest BCUT2D eigenvalue weighted by Gasteiger charge is 2.28. The largest absolute Gasteiger partial charge is 0.244 e. The molecule has 1 aliphatic rings. The van der Waals surface area contributed by atoms with Crippen LogP contribution in [0.25, 0.3) is 10.8 Å². The van der Waals surface area contributed by atoms with Gasteiger partial charge in [-0.15, -0.1) is 0 Å². The predicted molar refractivity (Wildman–Crippen MR) is 117 cm³/mol. The summed E-state index contributed by atoms with van der Waals surface area (Å²) in [4.78, 5) is 2.41. The van der Waals surface area contributed by atoms with Crippen molar-refractivity contribution in [3.05, 3.63) is 71.8 Å². The summed E-state index contributed by atoms with van der Waals surface area (Å²) >= 11 is 0. The lowest BCUT2D eigenvalue weighted by Crippen LogP contribution is -2.18. The Morgan fingerprint density at radius 2 is 1.41 bits per heavy atom. The van der Waals surface area contributed by atoms with Gasteiger partial charge in [0.05, 0.1) is 0 Å². The van der Waals surface area contributed by atoms with Gasteiger partial charge in [-0.3, -0.25) is 0 Å². The second kappa shape index (κ2) is 7.19. The van der Waals surface area contributed by atoms with Crippen LogP contribution in [-0.4, -0.2) is 24.0 Å². The molecule has 138 valence electrons. The summed E-state index contributed by atoms with van der Waals surface area (Å²) < 4.78 is 2.46. The van der Waals surface area contributed by atoms with Crippen LogP contribution in [0, 0.1) is 0 Å². The fourth-order valence-corrected chi connectivity index (χ4v) is 4.15. The minimum absolute atomic E-state index is 0.513. The number of hydrogen-bond acceptors (Lipinski definition) is 1. The van der Waals surface area contributed by atoms with Gasteiger partial charge in [0.1, 0.15) is 24.5 Å². The first-order valence-corrected chi connectivity index (χ1v) is 10.0. The zero-order valence-corrected chi connectivity index (χ0v) is 16.8. The van der Waals surface area contributed by atoms with Gasteiger partial charge in [-0.05, 0) is 23.3 Å². The predicted octanol–water partition coefficient (Wildman–Crippen LogP) is 6.28.